The third kappa shape index (κ3) is 1.79. The predicted molar refractivity (Wildman–Crippen MR) is 56.3 cm³/mol. The Bertz CT molecular complexity index is 312. The van der Waals surface area contributed by atoms with Gasteiger partial charge >= 0.3 is 0 Å². The quantitative estimate of drug-likeness (QED) is 0.694. The number of hydrogen-bond donors (Lipinski definition) is 0. The second-order valence-electron chi connectivity index (χ2n) is 3.55. The smallest absolute Gasteiger partial charge is 0.111 e. The summed E-state index contributed by atoms with van der Waals surface area (Å²) >= 11 is 0. The van der Waals surface area contributed by atoms with Crippen molar-refractivity contribution in [2.45, 2.75) is 12.8 Å². The molecule has 0 aliphatic carbocycles. The molecule has 1 fully saturated rings. The van der Waals surface area contributed by atoms with E-state index in [1.165, 1.54) is 12.8 Å². The molecule has 0 N–H and O–H groups in total. The molecule has 1 aliphatic rings. The lowest BCUT2D eigenvalue weighted by Gasteiger charge is -2.20. The van der Waals surface area contributed by atoms with E-state index in [-0.39, 0.29) is 0 Å². The SMILES string of the molecule is FC=C(c1ccccc1)N1CCCC1. The maximum absolute atomic E-state index is 12.8. The van der Waals surface area contributed by atoms with Crippen molar-refractivity contribution in [3.63, 3.8) is 0 Å². The molecule has 0 radical (unpaired) electrons. The first-order chi connectivity index (χ1) is 6.92. The minimum Gasteiger partial charge on any atom is -0.369 e. The van der Waals surface area contributed by atoms with Gasteiger partial charge in [-0.15, -0.1) is 0 Å². The Kier molecular flexibility index (Phi) is 2.82. The molecular weight excluding hydrogens is 177 g/mol. The highest BCUT2D eigenvalue weighted by atomic mass is 19.1. The van der Waals surface area contributed by atoms with Gasteiger partial charge in [-0.1, -0.05) is 30.3 Å². The second kappa shape index (κ2) is 4.27. The lowest BCUT2D eigenvalue weighted by atomic mass is 10.1. The fraction of sp³-hybridized carbons (Fsp3) is 0.333. The van der Waals surface area contributed by atoms with Gasteiger partial charge in [0.25, 0.3) is 0 Å². The number of hydrogen-bond acceptors (Lipinski definition) is 1. The number of benzene rings is 1. The molecule has 1 aromatic rings. The van der Waals surface area contributed by atoms with E-state index in [0.717, 1.165) is 30.7 Å². The molecule has 1 aromatic carbocycles. The Morgan fingerprint density at radius 2 is 1.79 bits per heavy atom. The lowest BCUT2D eigenvalue weighted by molar-refractivity contribution is 0.483. The maximum Gasteiger partial charge on any atom is 0.111 e. The topological polar surface area (TPSA) is 3.24 Å². The van der Waals surface area contributed by atoms with Crippen molar-refractivity contribution in [3.8, 4) is 0 Å². The van der Waals surface area contributed by atoms with Crippen molar-refractivity contribution in [2.24, 2.45) is 0 Å². The van der Waals surface area contributed by atoms with Crippen LogP contribution in [-0.4, -0.2) is 18.0 Å². The van der Waals surface area contributed by atoms with E-state index >= 15 is 0 Å². The molecule has 2 heteroatoms. The summed E-state index contributed by atoms with van der Waals surface area (Å²) in [6, 6.07) is 9.72. The minimum atomic E-state index is 0.723. The summed E-state index contributed by atoms with van der Waals surface area (Å²) in [7, 11) is 0. The highest BCUT2D eigenvalue weighted by Crippen LogP contribution is 2.23. The van der Waals surface area contributed by atoms with E-state index < -0.39 is 0 Å². The Labute approximate surface area is 83.9 Å². The van der Waals surface area contributed by atoms with Crippen LogP contribution in [0.4, 0.5) is 4.39 Å². The maximum atomic E-state index is 12.8. The summed E-state index contributed by atoms with van der Waals surface area (Å²) in [4.78, 5) is 2.11. The van der Waals surface area contributed by atoms with E-state index in [9.17, 15) is 4.39 Å². The second-order valence-corrected chi connectivity index (χ2v) is 3.55. The van der Waals surface area contributed by atoms with Crippen LogP contribution in [0.5, 0.6) is 0 Å². The molecule has 0 bridgehead atoms. The van der Waals surface area contributed by atoms with Crippen molar-refractivity contribution in [2.75, 3.05) is 13.1 Å². The van der Waals surface area contributed by atoms with Gasteiger partial charge in [0.1, 0.15) is 6.33 Å². The Balaban J connectivity index is 2.22. The molecule has 74 valence electrons. The normalized spacial score (nSPS) is 17.5. The van der Waals surface area contributed by atoms with Gasteiger partial charge in [0.2, 0.25) is 0 Å². The van der Waals surface area contributed by atoms with Crippen LogP contribution in [0.1, 0.15) is 18.4 Å². The molecule has 0 atom stereocenters. The minimum absolute atomic E-state index is 0.723. The standard InChI is InChI=1S/C12H14FN/c13-10-12(14-8-4-5-9-14)11-6-2-1-3-7-11/h1-3,6-7,10H,4-5,8-9H2. The third-order valence-corrected chi connectivity index (χ3v) is 2.62. The first-order valence-electron chi connectivity index (χ1n) is 5.02. The Hall–Kier alpha value is -1.31. The molecule has 1 heterocycles. The van der Waals surface area contributed by atoms with Gasteiger partial charge in [0, 0.05) is 18.7 Å². The first-order valence-corrected chi connectivity index (χ1v) is 5.02. The lowest BCUT2D eigenvalue weighted by Crippen LogP contribution is -2.17. The number of nitrogens with zero attached hydrogens (tertiary/aromatic N) is 1. The zero-order chi connectivity index (χ0) is 9.80. The van der Waals surface area contributed by atoms with E-state index in [1.54, 1.807) is 0 Å². The molecule has 0 aromatic heterocycles. The Morgan fingerprint density at radius 1 is 1.14 bits per heavy atom. The molecular formula is C12H14FN. The molecule has 0 spiro atoms. The fourth-order valence-electron chi connectivity index (χ4n) is 1.88. The molecule has 2 rings (SSSR count). The molecule has 14 heavy (non-hydrogen) atoms. The van der Waals surface area contributed by atoms with Crippen molar-refractivity contribution < 1.29 is 4.39 Å². The van der Waals surface area contributed by atoms with E-state index in [4.69, 9.17) is 0 Å². The van der Waals surface area contributed by atoms with Crippen molar-refractivity contribution >= 4 is 5.70 Å². The zero-order valence-corrected chi connectivity index (χ0v) is 8.12. The van der Waals surface area contributed by atoms with Gasteiger partial charge in [-0.2, -0.15) is 0 Å². The third-order valence-electron chi connectivity index (χ3n) is 2.62. The molecule has 0 saturated carbocycles. The van der Waals surface area contributed by atoms with Crippen LogP contribution in [0, 0.1) is 0 Å². The number of rotatable bonds is 2. The van der Waals surface area contributed by atoms with E-state index in [1.807, 2.05) is 30.3 Å². The molecule has 1 nitrogen and oxygen atoms in total. The van der Waals surface area contributed by atoms with Crippen molar-refractivity contribution in [1.82, 2.24) is 4.90 Å². The highest BCUT2D eigenvalue weighted by Gasteiger charge is 2.15. The molecule has 0 unspecified atom stereocenters. The Morgan fingerprint density at radius 3 is 2.36 bits per heavy atom. The van der Waals surface area contributed by atoms with Crippen LogP contribution in [-0.2, 0) is 0 Å². The summed E-state index contributed by atoms with van der Waals surface area (Å²) in [6.07, 6.45) is 3.06. The van der Waals surface area contributed by atoms with E-state index in [0.29, 0.717) is 0 Å². The summed E-state index contributed by atoms with van der Waals surface area (Å²) in [5.74, 6) is 0. The van der Waals surface area contributed by atoms with Crippen LogP contribution in [0.25, 0.3) is 5.70 Å². The van der Waals surface area contributed by atoms with Gasteiger partial charge in [0.05, 0.1) is 5.70 Å². The largest absolute Gasteiger partial charge is 0.369 e. The number of likely N-dealkylation sites (tertiary alicyclic amines) is 1. The summed E-state index contributed by atoms with van der Waals surface area (Å²) in [5, 5.41) is 0. The zero-order valence-electron chi connectivity index (χ0n) is 8.12. The van der Waals surface area contributed by atoms with Crippen molar-refractivity contribution in [1.29, 1.82) is 0 Å². The van der Waals surface area contributed by atoms with E-state index in [2.05, 4.69) is 4.90 Å². The van der Waals surface area contributed by atoms with Gasteiger partial charge in [-0.3, -0.25) is 0 Å². The van der Waals surface area contributed by atoms with Crippen LogP contribution < -0.4 is 0 Å². The van der Waals surface area contributed by atoms with Crippen LogP contribution >= 0.6 is 0 Å². The average Bonchev–Trinajstić information content (AvgIpc) is 2.74. The van der Waals surface area contributed by atoms with Gasteiger partial charge < -0.3 is 4.90 Å². The molecule has 1 aliphatic heterocycles. The monoisotopic (exact) mass is 191 g/mol. The highest BCUT2D eigenvalue weighted by molar-refractivity contribution is 5.63. The van der Waals surface area contributed by atoms with Crippen molar-refractivity contribution in [3.05, 3.63) is 42.2 Å². The fourth-order valence-corrected chi connectivity index (χ4v) is 1.88. The number of halogens is 1. The average molecular weight is 191 g/mol. The van der Waals surface area contributed by atoms with Gasteiger partial charge in [0.15, 0.2) is 0 Å². The molecule has 1 saturated heterocycles. The first kappa shape index (κ1) is 9.25. The van der Waals surface area contributed by atoms with Crippen LogP contribution in [0.15, 0.2) is 36.7 Å². The summed E-state index contributed by atoms with van der Waals surface area (Å²) < 4.78 is 12.8. The van der Waals surface area contributed by atoms with Crippen LogP contribution in [0.2, 0.25) is 0 Å². The predicted octanol–water partition coefficient (Wildman–Crippen LogP) is 3.05. The summed E-state index contributed by atoms with van der Waals surface area (Å²) in [5.41, 5.74) is 1.69. The van der Waals surface area contributed by atoms with Gasteiger partial charge in [-0.25, -0.2) is 4.39 Å². The summed E-state index contributed by atoms with van der Waals surface area (Å²) in [6.45, 7) is 1.95. The molecule has 0 amide bonds. The van der Waals surface area contributed by atoms with Crippen LogP contribution in [0.3, 0.4) is 0 Å². The van der Waals surface area contributed by atoms with Gasteiger partial charge in [-0.05, 0) is 12.8 Å².